The molecule has 4 atom stereocenters. The van der Waals surface area contributed by atoms with Gasteiger partial charge in [0, 0.05) is 67.2 Å². The second-order valence-corrected chi connectivity index (χ2v) is 10.2. The lowest BCUT2D eigenvalue weighted by Gasteiger charge is -2.56. The molecule has 34 heavy (non-hydrogen) atoms. The summed E-state index contributed by atoms with van der Waals surface area (Å²) in [5, 5.41) is 11.8. The molecule has 3 saturated heterocycles. The highest BCUT2D eigenvalue weighted by Crippen LogP contribution is 2.42. The van der Waals surface area contributed by atoms with Gasteiger partial charge in [0.1, 0.15) is 0 Å². The average molecular weight is 489 g/mol. The minimum atomic E-state index is -0.250. The summed E-state index contributed by atoms with van der Waals surface area (Å²) in [6, 6.07) is 6.42. The van der Waals surface area contributed by atoms with E-state index in [1.165, 1.54) is 16.6 Å². The molecule has 0 radical (unpaired) electrons. The predicted molar refractivity (Wildman–Crippen MR) is 131 cm³/mol. The number of amides is 2. The quantitative estimate of drug-likeness (QED) is 0.573. The lowest BCUT2D eigenvalue weighted by Crippen LogP contribution is -2.66. The molecule has 3 aliphatic heterocycles. The number of aryl methyl sites for hydroxylation is 1. The smallest absolute Gasteiger partial charge is 0.290 e. The largest absolute Gasteiger partial charge is 0.483 e. The monoisotopic (exact) mass is 488 g/mol. The molecule has 2 bridgehead atoms. The number of nitrogens with one attached hydrogen (secondary N) is 2. The number of carboxylic acid groups (broad SMARTS) is 1. The van der Waals surface area contributed by atoms with Gasteiger partial charge in [-0.25, -0.2) is 0 Å². The molecule has 3 aliphatic rings. The minimum absolute atomic E-state index is 0.0249. The van der Waals surface area contributed by atoms with E-state index in [9.17, 15) is 9.59 Å². The van der Waals surface area contributed by atoms with Gasteiger partial charge < -0.3 is 20.3 Å². The standard InChI is InChI=1S/C24H31ClN4O2.CH2O2/c1-14-19-9-18(25)6-7-20(19)27-21(14)13-28-11-16-8-17(12-28)23(10-26-15(2)30)29-22(16)4-3-5-24(29)31;2-1-3/h6-7,9,16-17,22-23,27H,3-5,8,10-13H2,1-2H3,(H,26,30);1H,(H,2,3)/t16-,17+,22+,23+;/m1./s1. The Hall–Kier alpha value is -2.58. The number of hydrogen-bond acceptors (Lipinski definition) is 4. The van der Waals surface area contributed by atoms with Crippen molar-refractivity contribution in [1.29, 1.82) is 0 Å². The highest BCUT2D eigenvalue weighted by atomic mass is 35.5. The van der Waals surface area contributed by atoms with Crippen LogP contribution in [0.15, 0.2) is 18.2 Å². The van der Waals surface area contributed by atoms with Crippen LogP contribution in [0.1, 0.15) is 43.9 Å². The zero-order valence-electron chi connectivity index (χ0n) is 19.7. The van der Waals surface area contributed by atoms with Gasteiger partial charge in [-0.3, -0.25) is 19.3 Å². The molecular formula is C25H33ClN4O4. The molecule has 4 heterocycles. The number of nitrogens with zero attached hydrogens (tertiary/aromatic N) is 2. The van der Waals surface area contributed by atoms with Crippen LogP contribution in [-0.4, -0.2) is 69.9 Å². The van der Waals surface area contributed by atoms with E-state index in [1.54, 1.807) is 6.92 Å². The first-order valence-electron chi connectivity index (χ1n) is 11.9. The first-order valence-corrected chi connectivity index (χ1v) is 12.3. The number of hydrogen-bond donors (Lipinski definition) is 3. The second-order valence-electron chi connectivity index (χ2n) is 9.74. The van der Waals surface area contributed by atoms with Crippen LogP contribution in [0.25, 0.3) is 10.9 Å². The number of piperidine rings is 3. The Morgan fingerprint density at radius 1 is 1.32 bits per heavy atom. The van der Waals surface area contributed by atoms with Gasteiger partial charge in [-0.1, -0.05) is 11.6 Å². The molecule has 2 aromatic rings. The molecule has 9 heteroatoms. The van der Waals surface area contributed by atoms with Gasteiger partial charge in [-0.05, 0) is 61.8 Å². The van der Waals surface area contributed by atoms with Gasteiger partial charge >= 0.3 is 0 Å². The second kappa shape index (κ2) is 10.4. The average Bonchev–Trinajstić information content (AvgIpc) is 3.09. The number of aromatic amines is 1. The molecule has 1 aromatic carbocycles. The van der Waals surface area contributed by atoms with Crippen molar-refractivity contribution in [3.05, 3.63) is 34.5 Å². The fourth-order valence-corrected chi connectivity index (χ4v) is 6.42. The van der Waals surface area contributed by atoms with Crippen LogP contribution >= 0.6 is 11.6 Å². The third kappa shape index (κ3) is 4.93. The van der Waals surface area contributed by atoms with E-state index in [-0.39, 0.29) is 24.3 Å². The van der Waals surface area contributed by atoms with Crippen LogP contribution in [0.3, 0.4) is 0 Å². The Balaban J connectivity index is 0.000000868. The summed E-state index contributed by atoms with van der Waals surface area (Å²) in [7, 11) is 0. The van der Waals surface area contributed by atoms with Gasteiger partial charge in [0.05, 0.1) is 6.04 Å². The first kappa shape index (κ1) is 24.5. The summed E-state index contributed by atoms with van der Waals surface area (Å²) in [5.74, 6) is 1.15. The fraction of sp³-hybridized carbons (Fsp3) is 0.560. The lowest BCUT2D eigenvalue weighted by molar-refractivity contribution is -0.153. The summed E-state index contributed by atoms with van der Waals surface area (Å²) in [4.78, 5) is 41.1. The van der Waals surface area contributed by atoms with Crippen molar-refractivity contribution in [2.24, 2.45) is 11.8 Å². The van der Waals surface area contributed by atoms with Crippen LogP contribution in [0, 0.1) is 18.8 Å². The van der Waals surface area contributed by atoms with Crippen molar-refractivity contribution >= 4 is 40.8 Å². The summed E-state index contributed by atoms with van der Waals surface area (Å²) >= 11 is 6.21. The van der Waals surface area contributed by atoms with E-state index in [1.807, 2.05) is 18.2 Å². The summed E-state index contributed by atoms with van der Waals surface area (Å²) < 4.78 is 0. The Bertz CT molecular complexity index is 1070. The molecule has 0 unspecified atom stereocenters. The number of rotatable bonds is 4. The molecular weight excluding hydrogens is 456 g/mol. The van der Waals surface area contributed by atoms with Crippen molar-refractivity contribution < 1.29 is 19.5 Å². The van der Waals surface area contributed by atoms with Crippen LogP contribution in [0.4, 0.5) is 0 Å². The van der Waals surface area contributed by atoms with E-state index in [0.717, 1.165) is 49.4 Å². The number of H-pyrrole nitrogens is 1. The maximum Gasteiger partial charge on any atom is 0.290 e. The molecule has 3 fully saturated rings. The van der Waals surface area contributed by atoms with Crippen LogP contribution in [0.2, 0.25) is 5.02 Å². The van der Waals surface area contributed by atoms with Crippen LogP contribution in [0.5, 0.6) is 0 Å². The SMILES string of the molecule is CC(=O)NC[C@H]1[C@H]2C[C@H](CN(Cc3[nH]c4ccc(Cl)cc4c3C)C2)[C@@H]2CCCC(=O)N21.O=CO. The normalized spacial score (nSPS) is 26.4. The van der Waals surface area contributed by atoms with E-state index in [0.29, 0.717) is 30.8 Å². The van der Waals surface area contributed by atoms with Crippen molar-refractivity contribution in [1.82, 2.24) is 20.1 Å². The van der Waals surface area contributed by atoms with Crippen LogP contribution < -0.4 is 5.32 Å². The molecule has 0 aliphatic carbocycles. The third-order valence-corrected chi connectivity index (χ3v) is 7.87. The number of carbonyl (C=O) groups is 3. The van der Waals surface area contributed by atoms with E-state index in [4.69, 9.17) is 21.5 Å². The van der Waals surface area contributed by atoms with E-state index >= 15 is 0 Å². The predicted octanol–water partition coefficient (Wildman–Crippen LogP) is 3.17. The Morgan fingerprint density at radius 3 is 2.79 bits per heavy atom. The number of aromatic nitrogens is 1. The molecule has 3 N–H and O–H groups in total. The zero-order chi connectivity index (χ0) is 24.4. The van der Waals surface area contributed by atoms with Gasteiger partial charge in [-0.15, -0.1) is 0 Å². The first-order chi connectivity index (χ1) is 16.3. The summed E-state index contributed by atoms with van der Waals surface area (Å²) in [5.41, 5.74) is 3.63. The molecule has 184 valence electrons. The van der Waals surface area contributed by atoms with Gasteiger partial charge in [-0.2, -0.15) is 0 Å². The molecule has 8 nitrogen and oxygen atoms in total. The van der Waals surface area contributed by atoms with Crippen molar-refractivity contribution in [3.8, 4) is 0 Å². The van der Waals surface area contributed by atoms with E-state index in [2.05, 4.69) is 27.0 Å². The Labute approximate surface area is 204 Å². The molecule has 2 amide bonds. The number of likely N-dealkylation sites (tertiary alicyclic amines) is 1. The van der Waals surface area contributed by atoms with Crippen LogP contribution in [-0.2, 0) is 20.9 Å². The molecule has 5 rings (SSSR count). The van der Waals surface area contributed by atoms with E-state index < -0.39 is 0 Å². The Kier molecular flexibility index (Phi) is 7.48. The zero-order valence-corrected chi connectivity index (χ0v) is 20.5. The van der Waals surface area contributed by atoms with Gasteiger partial charge in [0.25, 0.3) is 6.47 Å². The summed E-state index contributed by atoms with van der Waals surface area (Å²) in [6.07, 6.45) is 3.86. The topological polar surface area (TPSA) is 106 Å². The highest BCUT2D eigenvalue weighted by molar-refractivity contribution is 6.31. The highest BCUT2D eigenvalue weighted by Gasteiger charge is 2.49. The lowest BCUT2D eigenvalue weighted by atomic mass is 9.72. The maximum absolute atomic E-state index is 12.8. The number of carbonyl (C=O) groups excluding carboxylic acids is 2. The maximum atomic E-state index is 12.8. The molecule has 0 spiro atoms. The van der Waals surface area contributed by atoms with Gasteiger partial charge in [0.15, 0.2) is 0 Å². The Morgan fingerprint density at radius 2 is 2.06 bits per heavy atom. The van der Waals surface area contributed by atoms with Crippen molar-refractivity contribution in [2.75, 3.05) is 19.6 Å². The fourth-order valence-electron chi connectivity index (χ4n) is 6.25. The van der Waals surface area contributed by atoms with Crippen molar-refractivity contribution in [3.63, 3.8) is 0 Å². The molecule has 0 saturated carbocycles. The van der Waals surface area contributed by atoms with Gasteiger partial charge in [0.2, 0.25) is 11.8 Å². The minimum Gasteiger partial charge on any atom is -0.483 e. The number of halogens is 1. The summed E-state index contributed by atoms with van der Waals surface area (Å²) in [6.45, 7) is 6.88. The number of fused-ring (bicyclic) bond motifs is 5. The number of benzene rings is 1. The third-order valence-electron chi connectivity index (χ3n) is 7.64. The van der Waals surface area contributed by atoms with Crippen molar-refractivity contribution in [2.45, 2.75) is 58.2 Å². The molecule has 1 aromatic heterocycles.